The van der Waals surface area contributed by atoms with Crippen molar-refractivity contribution in [3.8, 4) is 0 Å². The Kier molecular flexibility index (Phi) is 5.22. The van der Waals surface area contributed by atoms with Crippen molar-refractivity contribution in [2.45, 2.75) is 39.8 Å². The molecule has 3 nitrogen and oxygen atoms in total. The number of hydrogen-bond donors (Lipinski definition) is 1. The van der Waals surface area contributed by atoms with E-state index in [9.17, 15) is 0 Å². The summed E-state index contributed by atoms with van der Waals surface area (Å²) in [4.78, 5) is 5.95. The van der Waals surface area contributed by atoms with Crippen molar-refractivity contribution in [1.82, 2.24) is 10.3 Å². The first-order chi connectivity index (χ1) is 7.22. The molecule has 0 aliphatic carbocycles. The van der Waals surface area contributed by atoms with Gasteiger partial charge in [-0.05, 0) is 27.3 Å². The second-order valence-corrected chi connectivity index (χ2v) is 4.52. The van der Waals surface area contributed by atoms with E-state index in [1.54, 1.807) is 11.3 Å². The number of thiazole rings is 1. The number of rotatable bonds is 6. The lowest BCUT2D eigenvalue weighted by molar-refractivity contribution is 0.0761. The standard InChI is InChI=1S/C11H20N2OS/c1-5-9-10(7-12-4)15-11(13-9)8(3)14-6-2/h8,12H,5-7H2,1-4H3. The minimum absolute atomic E-state index is 0.121. The van der Waals surface area contributed by atoms with E-state index in [-0.39, 0.29) is 6.10 Å². The summed E-state index contributed by atoms with van der Waals surface area (Å²) < 4.78 is 5.55. The van der Waals surface area contributed by atoms with Gasteiger partial charge in [0.1, 0.15) is 11.1 Å². The molecule has 0 fully saturated rings. The molecule has 86 valence electrons. The van der Waals surface area contributed by atoms with Crippen LogP contribution in [0.3, 0.4) is 0 Å². The Morgan fingerprint density at radius 1 is 1.47 bits per heavy atom. The normalized spacial score (nSPS) is 13.1. The minimum atomic E-state index is 0.121. The van der Waals surface area contributed by atoms with Gasteiger partial charge in [-0.15, -0.1) is 11.3 Å². The van der Waals surface area contributed by atoms with Crippen molar-refractivity contribution in [2.24, 2.45) is 0 Å². The topological polar surface area (TPSA) is 34.1 Å². The fraction of sp³-hybridized carbons (Fsp3) is 0.727. The summed E-state index contributed by atoms with van der Waals surface area (Å²) in [6.07, 6.45) is 1.11. The van der Waals surface area contributed by atoms with Crippen LogP contribution in [-0.2, 0) is 17.7 Å². The molecule has 1 N–H and O–H groups in total. The molecular weight excluding hydrogens is 208 g/mol. The van der Waals surface area contributed by atoms with Crippen LogP contribution in [0.15, 0.2) is 0 Å². The van der Waals surface area contributed by atoms with Gasteiger partial charge in [-0.25, -0.2) is 4.98 Å². The largest absolute Gasteiger partial charge is 0.372 e. The third kappa shape index (κ3) is 3.26. The molecule has 1 atom stereocenters. The van der Waals surface area contributed by atoms with Gasteiger partial charge < -0.3 is 10.1 Å². The summed E-state index contributed by atoms with van der Waals surface area (Å²) in [5, 5.41) is 4.27. The maximum absolute atomic E-state index is 5.55. The van der Waals surface area contributed by atoms with Crippen LogP contribution in [0, 0.1) is 0 Å². The van der Waals surface area contributed by atoms with Crippen molar-refractivity contribution in [1.29, 1.82) is 0 Å². The van der Waals surface area contributed by atoms with Gasteiger partial charge in [0.15, 0.2) is 0 Å². The van der Waals surface area contributed by atoms with Gasteiger partial charge in [-0.1, -0.05) is 6.92 Å². The first kappa shape index (κ1) is 12.6. The number of hydrogen-bond acceptors (Lipinski definition) is 4. The summed E-state index contributed by atoms with van der Waals surface area (Å²) in [5.41, 5.74) is 1.20. The van der Waals surface area contributed by atoms with Crippen LogP contribution in [0.5, 0.6) is 0 Å². The van der Waals surface area contributed by atoms with Crippen molar-refractivity contribution in [3.63, 3.8) is 0 Å². The molecule has 0 aromatic carbocycles. The molecule has 0 spiro atoms. The lowest BCUT2D eigenvalue weighted by Gasteiger charge is -2.06. The van der Waals surface area contributed by atoms with Gasteiger partial charge >= 0.3 is 0 Å². The fourth-order valence-corrected chi connectivity index (χ4v) is 2.64. The molecule has 0 bridgehead atoms. The third-order valence-corrected chi connectivity index (χ3v) is 3.49. The monoisotopic (exact) mass is 228 g/mol. The van der Waals surface area contributed by atoms with Crippen LogP contribution in [0.4, 0.5) is 0 Å². The summed E-state index contributed by atoms with van der Waals surface area (Å²) >= 11 is 1.76. The van der Waals surface area contributed by atoms with Crippen molar-refractivity contribution in [3.05, 3.63) is 15.6 Å². The highest BCUT2D eigenvalue weighted by Crippen LogP contribution is 2.26. The molecule has 1 aromatic heterocycles. The van der Waals surface area contributed by atoms with Crippen LogP contribution >= 0.6 is 11.3 Å². The number of nitrogens with one attached hydrogen (secondary N) is 1. The molecule has 4 heteroatoms. The second-order valence-electron chi connectivity index (χ2n) is 3.40. The molecule has 15 heavy (non-hydrogen) atoms. The zero-order valence-electron chi connectivity index (χ0n) is 9.96. The molecule has 0 aliphatic heterocycles. The van der Waals surface area contributed by atoms with Gasteiger partial charge in [-0.3, -0.25) is 0 Å². The van der Waals surface area contributed by atoms with E-state index in [1.165, 1.54) is 10.6 Å². The molecule has 1 aromatic rings. The fourth-order valence-electron chi connectivity index (χ4n) is 1.47. The lowest BCUT2D eigenvalue weighted by Crippen LogP contribution is -2.05. The maximum Gasteiger partial charge on any atom is 0.122 e. The quantitative estimate of drug-likeness (QED) is 0.812. The Labute approximate surface area is 95.9 Å². The number of ether oxygens (including phenoxy) is 1. The van der Waals surface area contributed by atoms with Gasteiger partial charge in [0.05, 0.1) is 5.69 Å². The number of aryl methyl sites for hydroxylation is 1. The second kappa shape index (κ2) is 6.20. The predicted molar refractivity (Wildman–Crippen MR) is 64.3 cm³/mol. The first-order valence-electron chi connectivity index (χ1n) is 5.47. The van der Waals surface area contributed by atoms with Crippen LogP contribution in [0.2, 0.25) is 0 Å². The van der Waals surface area contributed by atoms with Crippen LogP contribution in [0.1, 0.15) is 42.5 Å². The van der Waals surface area contributed by atoms with Gasteiger partial charge in [0.2, 0.25) is 0 Å². The Morgan fingerprint density at radius 2 is 2.20 bits per heavy atom. The summed E-state index contributed by atoms with van der Waals surface area (Å²) in [6.45, 7) is 7.86. The van der Waals surface area contributed by atoms with Gasteiger partial charge in [0.25, 0.3) is 0 Å². The number of aromatic nitrogens is 1. The zero-order valence-corrected chi connectivity index (χ0v) is 10.8. The van der Waals surface area contributed by atoms with E-state index in [0.717, 1.165) is 24.6 Å². The SMILES string of the molecule is CCOC(C)c1nc(CC)c(CNC)s1. The summed E-state index contributed by atoms with van der Waals surface area (Å²) in [6, 6.07) is 0. The van der Waals surface area contributed by atoms with Crippen molar-refractivity contribution < 1.29 is 4.74 Å². The minimum Gasteiger partial charge on any atom is -0.372 e. The molecule has 0 aliphatic rings. The molecule has 1 unspecified atom stereocenters. The van der Waals surface area contributed by atoms with E-state index in [4.69, 9.17) is 4.74 Å². The number of nitrogens with zero attached hydrogens (tertiary/aromatic N) is 1. The van der Waals surface area contributed by atoms with E-state index in [2.05, 4.69) is 24.1 Å². The molecule has 0 radical (unpaired) electrons. The summed E-state index contributed by atoms with van der Waals surface area (Å²) in [5.74, 6) is 0. The molecule has 1 rings (SSSR count). The van der Waals surface area contributed by atoms with E-state index in [0.29, 0.717) is 0 Å². The van der Waals surface area contributed by atoms with Crippen LogP contribution < -0.4 is 5.32 Å². The Morgan fingerprint density at radius 3 is 2.73 bits per heavy atom. The molecular formula is C11H20N2OS. The van der Waals surface area contributed by atoms with Crippen LogP contribution in [-0.4, -0.2) is 18.6 Å². The smallest absolute Gasteiger partial charge is 0.122 e. The van der Waals surface area contributed by atoms with E-state index < -0.39 is 0 Å². The molecule has 1 heterocycles. The zero-order chi connectivity index (χ0) is 11.3. The predicted octanol–water partition coefficient (Wildman–Crippen LogP) is 2.52. The van der Waals surface area contributed by atoms with Crippen LogP contribution in [0.25, 0.3) is 0 Å². The Hall–Kier alpha value is -0.450. The van der Waals surface area contributed by atoms with Crippen molar-refractivity contribution in [2.75, 3.05) is 13.7 Å². The molecule has 0 saturated heterocycles. The van der Waals surface area contributed by atoms with E-state index >= 15 is 0 Å². The molecule has 0 amide bonds. The first-order valence-corrected chi connectivity index (χ1v) is 6.29. The highest BCUT2D eigenvalue weighted by atomic mass is 32.1. The Balaban J connectivity index is 2.81. The van der Waals surface area contributed by atoms with Crippen molar-refractivity contribution >= 4 is 11.3 Å². The average Bonchev–Trinajstić information content (AvgIpc) is 2.62. The highest BCUT2D eigenvalue weighted by Gasteiger charge is 2.14. The average molecular weight is 228 g/mol. The lowest BCUT2D eigenvalue weighted by atomic mass is 10.3. The Bertz CT molecular complexity index is 299. The summed E-state index contributed by atoms with van der Waals surface area (Å²) in [7, 11) is 1.96. The van der Waals surface area contributed by atoms with Gasteiger partial charge in [0, 0.05) is 18.0 Å². The maximum atomic E-state index is 5.55. The highest BCUT2D eigenvalue weighted by molar-refractivity contribution is 7.11. The third-order valence-electron chi connectivity index (χ3n) is 2.23. The van der Waals surface area contributed by atoms with Gasteiger partial charge in [-0.2, -0.15) is 0 Å². The van der Waals surface area contributed by atoms with E-state index in [1.807, 2.05) is 14.0 Å². The molecule has 0 saturated carbocycles.